The summed E-state index contributed by atoms with van der Waals surface area (Å²) in [6.07, 6.45) is 4.61. The van der Waals surface area contributed by atoms with Crippen LogP contribution in [0.25, 0.3) is 6.08 Å². The molecule has 1 aromatic rings. The summed E-state index contributed by atoms with van der Waals surface area (Å²) in [6.45, 7) is 2.08. The van der Waals surface area contributed by atoms with Crippen LogP contribution in [-0.2, 0) is 6.42 Å². The second kappa shape index (κ2) is 3.00. The average Bonchev–Trinajstić information content (AvgIpc) is 2.02. The van der Waals surface area contributed by atoms with Crippen molar-refractivity contribution in [3.8, 4) is 0 Å². The van der Waals surface area contributed by atoms with Crippen molar-refractivity contribution < 1.29 is 0 Å². The van der Waals surface area contributed by atoms with E-state index in [0.29, 0.717) is 11.5 Å². The van der Waals surface area contributed by atoms with Crippen molar-refractivity contribution >= 4 is 17.7 Å². The van der Waals surface area contributed by atoms with Crippen LogP contribution in [0.15, 0.2) is 10.9 Å². The first-order chi connectivity index (χ1) is 6.16. The largest absolute Gasteiger partial charge is 0.297 e. The Labute approximate surface area is 80.5 Å². The lowest BCUT2D eigenvalue weighted by molar-refractivity contribution is 0.694. The first-order valence-corrected chi connectivity index (χ1v) is 4.51. The fourth-order valence-corrected chi connectivity index (χ4v) is 1.65. The molecule has 1 aliphatic rings. The van der Waals surface area contributed by atoms with Crippen molar-refractivity contribution in [3.05, 3.63) is 33.0 Å². The van der Waals surface area contributed by atoms with E-state index in [1.54, 1.807) is 0 Å². The molecule has 1 heterocycles. The van der Waals surface area contributed by atoms with Crippen molar-refractivity contribution in [2.75, 3.05) is 0 Å². The topological polar surface area (TPSA) is 45.8 Å². The molecule has 0 aromatic carbocycles. The standard InChI is InChI=1S/C9H9ClN2O/c1-5-2-3-6-7(4-5)11-9(10)12-8(6)13/h2-3,5H,4H2,1H3,(H,11,12,13). The zero-order valence-electron chi connectivity index (χ0n) is 7.17. The minimum atomic E-state index is -0.154. The van der Waals surface area contributed by atoms with Gasteiger partial charge in [0, 0.05) is 0 Å². The molecule has 68 valence electrons. The number of hydrogen-bond acceptors (Lipinski definition) is 2. The molecule has 1 unspecified atom stereocenters. The Morgan fingerprint density at radius 3 is 3.23 bits per heavy atom. The number of rotatable bonds is 0. The van der Waals surface area contributed by atoms with Gasteiger partial charge in [-0.3, -0.25) is 9.78 Å². The summed E-state index contributed by atoms with van der Waals surface area (Å²) in [4.78, 5) is 17.9. The summed E-state index contributed by atoms with van der Waals surface area (Å²) < 4.78 is 0. The van der Waals surface area contributed by atoms with Crippen molar-refractivity contribution in [1.29, 1.82) is 0 Å². The molecule has 0 saturated carbocycles. The minimum absolute atomic E-state index is 0.154. The fraction of sp³-hybridized carbons (Fsp3) is 0.333. The number of aromatic nitrogens is 2. The molecule has 0 saturated heterocycles. The third kappa shape index (κ3) is 1.52. The molecule has 3 nitrogen and oxygen atoms in total. The van der Waals surface area contributed by atoms with Crippen LogP contribution in [0.3, 0.4) is 0 Å². The van der Waals surface area contributed by atoms with Gasteiger partial charge in [0.15, 0.2) is 0 Å². The molecule has 2 rings (SSSR count). The Bertz CT molecular complexity index is 422. The fourth-order valence-electron chi connectivity index (χ4n) is 1.46. The lowest BCUT2D eigenvalue weighted by Crippen LogP contribution is -2.18. The highest BCUT2D eigenvalue weighted by Gasteiger charge is 2.14. The predicted molar refractivity (Wildman–Crippen MR) is 51.8 cm³/mol. The normalized spacial score (nSPS) is 20.0. The van der Waals surface area contributed by atoms with Crippen LogP contribution in [0.1, 0.15) is 18.2 Å². The molecule has 4 heteroatoms. The summed E-state index contributed by atoms with van der Waals surface area (Å²) in [5.41, 5.74) is 1.28. The number of hydrogen-bond donors (Lipinski definition) is 1. The van der Waals surface area contributed by atoms with Crippen LogP contribution in [0.5, 0.6) is 0 Å². The van der Waals surface area contributed by atoms with E-state index in [-0.39, 0.29) is 10.8 Å². The molecule has 1 atom stereocenters. The van der Waals surface area contributed by atoms with Gasteiger partial charge in [0.05, 0.1) is 11.3 Å². The second-order valence-corrected chi connectivity index (χ2v) is 3.62. The maximum atomic E-state index is 11.4. The Hall–Kier alpha value is -1.09. The van der Waals surface area contributed by atoms with Gasteiger partial charge in [0.25, 0.3) is 5.56 Å². The zero-order valence-corrected chi connectivity index (χ0v) is 7.93. The molecular formula is C9H9ClN2O. The van der Waals surface area contributed by atoms with Gasteiger partial charge in [-0.1, -0.05) is 19.1 Å². The summed E-state index contributed by atoms with van der Waals surface area (Å²) in [6, 6.07) is 0. The third-order valence-electron chi connectivity index (χ3n) is 2.11. The molecule has 0 bridgehead atoms. The molecular weight excluding hydrogens is 188 g/mol. The van der Waals surface area contributed by atoms with Crippen LogP contribution in [0, 0.1) is 5.92 Å². The van der Waals surface area contributed by atoms with E-state index in [1.807, 2.05) is 12.2 Å². The van der Waals surface area contributed by atoms with E-state index >= 15 is 0 Å². The lowest BCUT2D eigenvalue weighted by atomic mass is 9.96. The monoisotopic (exact) mass is 196 g/mol. The molecule has 0 aliphatic heterocycles. The van der Waals surface area contributed by atoms with Crippen LogP contribution in [0.4, 0.5) is 0 Å². The minimum Gasteiger partial charge on any atom is -0.297 e. The highest BCUT2D eigenvalue weighted by Crippen LogP contribution is 2.18. The number of allylic oxidation sites excluding steroid dienone is 1. The van der Waals surface area contributed by atoms with Crippen LogP contribution in [-0.4, -0.2) is 9.97 Å². The highest BCUT2D eigenvalue weighted by atomic mass is 35.5. The lowest BCUT2D eigenvalue weighted by Gasteiger charge is -2.13. The van der Waals surface area contributed by atoms with E-state index in [2.05, 4.69) is 16.9 Å². The van der Waals surface area contributed by atoms with E-state index in [1.165, 1.54) is 0 Å². The summed E-state index contributed by atoms with van der Waals surface area (Å²) in [5.74, 6) is 0.429. The van der Waals surface area contributed by atoms with Crippen molar-refractivity contribution in [2.45, 2.75) is 13.3 Å². The SMILES string of the molecule is CC1C=Cc2c(nc(Cl)[nH]c2=O)C1. The van der Waals surface area contributed by atoms with Crippen LogP contribution in [0.2, 0.25) is 5.28 Å². The summed E-state index contributed by atoms with van der Waals surface area (Å²) in [5, 5.41) is 0.172. The molecule has 1 aliphatic carbocycles. The molecule has 1 aromatic heterocycles. The van der Waals surface area contributed by atoms with Crippen LogP contribution < -0.4 is 5.56 Å². The maximum absolute atomic E-state index is 11.4. The molecule has 0 radical (unpaired) electrons. The number of fused-ring (bicyclic) bond motifs is 1. The van der Waals surface area contributed by atoms with E-state index in [9.17, 15) is 4.79 Å². The Morgan fingerprint density at radius 1 is 1.69 bits per heavy atom. The highest BCUT2D eigenvalue weighted by molar-refractivity contribution is 6.28. The van der Waals surface area contributed by atoms with Crippen LogP contribution >= 0.6 is 11.6 Å². The third-order valence-corrected chi connectivity index (χ3v) is 2.29. The number of aromatic amines is 1. The van der Waals surface area contributed by atoms with E-state index in [4.69, 9.17) is 11.6 Å². The van der Waals surface area contributed by atoms with Gasteiger partial charge in [0.1, 0.15) is 0 Å². The molecule has 13 heavy (non-hydrogen) atoms. The number of nitrogens with one attached hydrogen (secondary N) is 1. The first kappa shape index (κ1) is 8.51. The molecule has 0 amide bonds. The smallest absolute Gasteiger partial charge is 0.259 e. The van der Waals surface area contributed by atoms with E-state index < -0.39 is 0 Å². The van der Waals surface area contributed by atoms with Crippen molar-refractivity contribution in [3.63, 3.8) is 0 Å². The van der Waals surface area contributed by atoms with Gasteiger partial charge in [-0.05, 0) is 23.9 Å². The summed E-state index contributed by atoms with van der Waals surface area (Å²) >= 11 is 5.64. The Kier molecular flexibility index (Phi) is 1.96. The first-order valence-electron chi connectivity index (χ1n) is 4.13. The van der Waals surface area contributed by atoms with Gasteiger partial charge in [-0.2, -0.15) is 0 Å². The second-order valence-electron chi connectivity index (χ2n) is 3.26. The maximum Gasteiger partial charge on any atom is 0.259 e. The zero-order chi connectivity index (χ0) is 9.42. The van der Waals surface area contributed by atoms with Gasteiger partial charge in [-0.25, -0.2) is 4.98 Å². The molecule has 1 N–H and O–H groups in total. The number of halogens is 1. The Balaban J connectivity index is 2.63. The quantitative estimate of drug-likeness (QED) is 0.641. The Morgan fingerprint density at radius 2 is 2.46 bits per heavy atom. The van der Waals surface area contributed by atoms with Crippen molar-refractivity contribution in [2.24, 2.45) is 5.92 Å². The van der Waals surface area contributed by atoms with Gasteiger partial charge < -0.3 is 0 Å². The molecule has 0 fully saturated rings. The van der Waals surface area contributed by atoms with Crippen molar-refractivity contribution in [1.82, 2.24) is 9.97 Å². The number of H-pyrrole nitrogens is 1. The summed E-state index contributed by atoms with van der Waals surface area (Å²) in [7, 11) is 0. The van der Waals surface area contributed by atoms with E-state index in [0.717, 1.165) is 12.1 Å². The average molecular weight is 197 g/mol. The molecule has 0 spiro atoms. The van der Waals surface area contributed by atoms with Gasteiger partial charge in [-0.15, -0.1) is 0 Å². The van der Waals surface area contributed by atoms with Gasteiger partial charge >= 0.3 is 0 Å². The van der Waals surface area contributed by atoms with Gasteiger partial charge in [0.2, 0.25) is 5.28 Å². The predicted octanol–water partition coefficient (Wildman–Crippen LogP) is 1.63. The number of nitrogens with zero attached hydrogens (tertiary/aromatic N) is 1.